The minimum absolute atomic E-state index is 0.143. The summed E-state index contributed by atoms with van der Waals surface area (Å²) < 4.78 is 0. The molecule has 0 aliphatic carbocycles. The Hall–Kier alpha value is -3.11. The van der Waals surface area contributed by atoms with Gasteiger partial charge in [0.05, 0.1) is 0 Å². The summed E-state index contributed by atoms with van der Waals surface area (Å²) in [5.41, 5.74) is 3.59. The van der Waals surface area contributed by atoms with Gasteiger partial charge in [0.2, 0.25) is 5.91 Å². The Morgan fingerprint density at radius 2 is 1.81 bits per heavy atom. The molecule has 158 valence electrons. The average Bonchev–Trinajstić information content (AvgIpc) is 2.76. The zero-order valence-electron chi connectivity index (χ0n) is 17.7. The molecule has 0 saturated heterocycles. The molecule has 3 aromatic carbocycles. The van der Waals surface area contributed by atoms with E-state index in [2.05, 4.69) is 5.32 Å². The van der Waals surface area contributed by atoms with Crippen molar-refractivity contribution in [2.45, 2.75) is 38.9 Å². The second-order valence-electron chi connectivity index (χ2n) is 8.24. The molecule has 4 nitrogen and oxygen atoms in total. The number of amides is 2. The molecule has 0 spiro atoms. The predicted octanol–water partition coefficient (Wildman–Crippen LogP) is 4.92. The molecule has 1 heterocycles. The predicted molar refractivity (Wildman–Crippen MR) is 123 cm³/mol. The number of fused-ring (bicyclic) bond motifs is 1. The third-order valence-corrected chi connectivity index (χ3v) is 6.28. The molecule has 1 aliphatic rings. The fourth-order valence-electron chi connectivity index (χ4n) is 4.16. The second kappa shape index (κ2) is 8.56. The summed E-state index contributed by atoms with van der Waals surface area (Å²) in [7, 11) is 0. The molecule has 0 fully saturated rings. The summed E-state index contributed by atoms with van der Waals surface area (Å²) in [6.45, 7) is 4.59. The van der Waals surface area contributed by atoms with E-state index in [4.69, 9.17) is 11.6 Å². The lowest BCUT2D eigenvalue weighted by molar-refractivity contribution is -0.132. The van der Waals surface area contributed by atoms with Crippen LogP contribution in [0, 0.1) is 6.92 Å². The van der Waals surface area contributed by atoms with Gasteiger partial charge < -0.3 is 10.2 Å². The van der Waals surface area contributed by atoms with Gasteiger partial charge >= 0.3 is 0 Å². The highest BCUT2D eigenvalue weighted by atomic mass is 35.5. The lowest BCUT2D eigenvalue weighted by Crippen LogP contribution is -2.62. The van der Waals surface area contributed by atoms with Crippen molar-refractivity contribution < 1.29 is 9.59 Å². The van der Waals surface area contributed by atoms with Crippen LogP contribution in [-0.2, 0) is 24.3 Å². The van der Waals surface area contributed by atoms with Gasteiger partial charge in [-0.15, -0.1) is 0 Å². The van der Waals surface area contributed by atoms with E-state index in [0.29, 0.717) is 30.1 Å². The highest BCUT2D eigenvalue weighted by molar-refractivity contribution is 6.30. The normalized spacial score (nSPS) is 17.9. The van der Waals surface area contributed by atoms with E-state index in [9.17, 15) is 9.59 Å². The van der Waals surface area contributed by atoms with Gasteiger partial charge in [0, 0.05) is 30.1 Å². The van der Waals surface area contributed by atoms with E-state index in [1.54, 1.807) is 11.0 Å². The van der Waals surface area contributed by atoms with Gasteiger partial charge in [0.1, 0.15) is 5.54 Å². The van der Waals surface area contributed by atoms with Crippen LogP contribution >= 0.6 is 11.6 Å². The van der Waals surface area contributed by atoms with Crippen LogP contribution in [0.25, 0.3) is 0 Å². The molecule has 1 aliphatic heterocycles. The third-order valence-electron chi connectivity index (χ3n) is 6.04. The number of rotatable bonds is 5. The molecule has 0 saturated carbocycles. The average molecular weight is 433 g/mol. The summed E-state index contributed by atoms with van der Waals surface area (Å²) in [4.78, 5) is 28.6. The van der Waals surface area contributed by atoms with Gasteiger partial charge in [-0.05, 0) is 54.3 Å². The highest BCUT2D eigenvalue weighted by Gasteiger charge is 2.46. The number of carbonyl (C=O) groups excluding carboxylic acids is 2. The van der Waals surface area contributed by atoms with E-state index >= 15 is 0 Å². The monoisotopic (exact) mass is 432 g/mol. The molecule has 2 amide bonds. The van der Waals surface area contributed by atoms with Crippen molar-refractivity contribution in [2.75, 3.05) is 0 Å². The lowest BCUT2D eigenvalue weighted by atomic mass is 9.82. The maximum Gasteiger partial charge on any atom is 0.255 e. The maximum atomic E-state index is 13.5. The number of carbonyl (C=O) groups is 2. The Bertz CT molecular complexity index is 1140. The molecule has 0 unspecified atom stereocenters. The lowest BCUT2D eigenvalue weighted by Gasteiger charge is -2.44. The first-order valence-electron chi connectivity index (χ1n) is 10.4. The van der Waals surface area contributed by atoms with Gasteiger partial charge in [-0.25, -0.2) is 0 Å². The molecule has 1 atom stereocenters. The van der Waals surface area contributed by atoms with E-state index in [1.165, 1.54) is 0 Å². The first-order valence-corrected chi connectivity index (χ1v) is 10.7. The van der Waals surface area contributed by atoms with Crippen LogP contribution < -0.4 is 5.32 Å². The molecule has 5 heteroatoms. The zero-order chi connectivity index (χ0) is 22.0. The number of benzene rings is 3. The van der Waals surface area contributed by atoms with Crippen molar-refractivity contribution in [3.63, 3.8) is 0 Å². The molecule has 4 rings (SSSR count). The van der Waals surface area contributed by atoms with Crippen LogP contribution in [0.5, 0.6) is 0 Å². The molecular weight excluding hydrogens is 408 g/mol. The second-order valence-corrected chi connectivity index (χ2v) is 8.67. The number of aryl methyl sites for hydroxylation is 1. The van der Waals surface area contributed by atoms with Crippen LogP contribution in [0.1, 0.15) is 39.5 Å². The first-order chi connectivity index (χ1) is 14.9. The summed E-state index contributed by atoms with van der Waals surface area (Å²) in [5, 5.41) is 3.67. The number of nitrogens with zero attached hydrogens (tertiary/aromatic N) is 1. The molecular formula is C26H25ClN2O2. The number of hydrogen-bond donors (Lipinski definition) is 1. The summed E-state index contributed by atoms with van der Waals surface area (Å²) in [6, 6.07) is 22.9. The van der Waals surface area contributed by atoms with Gasteiger partial charge in [0.25, 0.3) is 5.91 Å². The van der Waals surface area contributed by atoms with E-state index in [0.717, 1.165) is 22.3 Å². The van der Waals surface area contributed by atoms with Gasteiger partial charge in [-0.3, -0.25) is 9.59 Å². The van der Waals surface area contributed by atoms with Crippen molar-refractivity contribution in [3.8, 4) is 0 Å². The van der Waals surface area contributed by atoms with Gasteiger partial charge in [-0.1, -0.05) is 66.2 Å². The Kier molecular flexibility index (Phi) is 5.84. The van der Waals surface area contributed by atoms with Crippen LogP contribution in [0.3, 0.4) is 0 Å². The van der Waals surface area contributed by atoms with Crippen molar-refractivity contribution in [1.82, 2.24) is 10.2 Å². The molecule has 1 N–H and O–H groups in total. The van der Waals surface area contributed by atoms with Gasteiger partial charge in [0.15, 0.2) is 0 Å². The Morgan fingerprint density at radius 1 is 1.06 bits per heavy atom. The van der Waals surface area contributed by atoms with E-state index < -0.39 is 5.54 Å². The summed E-state index contributed by atoms with van der Waals surface area (Å²) in [6.07, 6.45) is 0.453. The molecule has 0 radical (unpaired) electrons. The standard InChI is InChI=1S/C26H25ClN2O2/c1-18-8-3-4-11-21(18)16-28-25(31)26(2)15-20-10-5-6-13-23(20)24(30)29(26)17-19-9-7-12-22(27)14-19/h3-14H,15-17H2,1-2H3,(H,28,31)/t26-/m1/s1. The fraction of sp³-hybridized carbons (Fsp3) is 0.231. The number of halogens is 1. The SMILES string of the molecule is Cc1ccccc1CNC(=O)[C@@]1(C)Cc2ccccc2C(=O)N1Cc1cccc(Cl)c1. The number of nitrogens with one attached hydrogen (secondary N) is 1. The molecule has 31 heavy (non-hydrogen) atoms. The van der Waals surface area contributed by atoms with E-state index in [-0.39, 0.29) is 11.8 Å². The van der Waals surface area contributed by atoms with Crippen molar-refractivity contribution >= 4 is 23.4 Å². The largest absolute Gasteiger partial charge is 0.350 e. The number of hydrogen-bond acceptors (Lipinski definition) is 2. The smallest absolute Gasteiger partial charge is 0.255 e. The van der Waals surface area contributed by atoms with Crippen molar-refractivity contribution in [3.05, 3.63) is 106 Å². The Balaban J connectivity index is 1.66. The maximum absolute atomic E-state index is 13.5. The molecule has 0 aromatic heterocycles. The third kappa shape index (κ3) is 4.21. The highest BCUT2D eigenvalue weighted by Crippen LogP contribution is 2.33. The topological polar surface area (TPSA) is 49.4 Å². The minimum Gasteiger partial charge on any atom is -0.350 e. The minimum atomic E-state index is -1.02. The molecule has 0 bridgehead atoms. The van der Waals surface area contributed by atoms with Crippen molar-refractivity contribution in [1.29, 1.82) is 0 Å². The Labute approximate surface area is 187 Å². The summed E-state index contributed by atoms with van der Waals surface area (Å²) in [5.74, 6) is -0.309. The first kappa shape index (κ1) is 21.1. The zero-order valence-corrected chi connectivity index (χ0v) is 18.4. The van der Waals surface area contributed by atoms with Crippen LogP contribution in [0.4, 0.5) is 0 Å². The van der Waals surface area contributed by atoms with Crippen LogP contribution in [0.2, 0.25) is 5.02 Å². The fourth-order valence-corrected chi connectivity index (χ4v) is 4.37. The van der Waals surface area contributed by atoms with Crippen LogP contribution in [-0.4, -0.2) is 22.3 Å². The molecule has 3 aromatic rings. The Morgan fingerprint density at radius 3 is 2.58 bits per heavy atom. The van der Waals surface area contributed by atoms with E-state index in [1.807, 2.05) is 80.6 Å². The van der Waals surface area contributed by atoms with Crippen molar-refractivity contribution in [2.24, 2.45) is 0 Å². The quantitative estimate of drug-likeness (QED) is 0.622. The van der Waals surface area contributed by atoms with Crippen LogP contribution in [0.15, 0.2) is 72.8 Å². The van der Waals surface area contributed by atoms with Gasteiger partial charge in [-0.2, -0.15) is 0 Å². The summed E-state index contributed by atoms with van der Waals surface area (Å²) >= 11 is 6.16.